The topological polar surface area (TPSA) is 70.6 Å². The lowest BCUT2D eigenvalue weighted by Crippen LogP contribution is -2.48. The Bertz CT molecular complexity index is 997. The molecule has 2 saturated heterocycles. The zero-order valence-electron chi connectivity index (χ0n) is 15.1. The highest BCUT2D eigenvalue weighted by atomic mass is 32.2. The summed E-state index contributed by atoms with van der Waals surface area (Å²) >= 11 is 0. The van der Waals surface area contributed by atoms with Crippen LogP contribution in [0.25, 0.3) is 10.9 Å². The van der Waals surface area contributed by atoms with Gasteiger partial charge in [0.05, 0.1) is 5.52 Å². The molecule has 1 aromatic carbocycles. The molecule has 1 aliphatic carbocycles. The van der Waals surface area contributed by atoms with Crippen LogP contribution in [0.1, 0.15) is 25.7 Å². The summed E-state index contributed by atoms with van der Waals surface area (Å²) in [7, 11) is -3.66. The lowest BCUT2D eigenvalue weighted by molar-refractivity contribution is -0.131. The van der Waals surface area contributed by atoms with Crippen molar-refractivity contribution in [3.63, 3.8) is 0 Å². The Hall–Kier alpha value is -1.99. The minimum Gasteiger partial charge on any atom is -0.340 e. The van der Waals surface area contributed by atoms with Crippen LogP contribution in [0.2, 0.25) is 0 Å². The van der Waals surface area contributed by atoms with Crippen molar-refractivity contribution in [1.29, 1.82) is 0 Å². The summed E-state index contributed by atoms with van der Waals surface area (Å²) < 4.78 is 28.7. The molecule has 3 heterocycles. The Balaban J connectivity index is 1.50. The Morgan fingerprint density at radius 3 is 2.70 bits per heavy atom. The first kappa shape index (κ1) is 17.1. The zero-order valence-corrected chi connectivity index (χ0v) is 15.9. The highest BCUT2D eigenvalue weighted by molar-refractivity contribution is 7.89. The van der Waals surface area contributed by atoms with Gasteiger partial charge in [0.1, 0.15) is 4.90 Å². The number of pyridine rings is 1. The van der Waals surface area contributed by atoms with Gasteiger partial charge < -0.3 is 4.90 Å². The molecule has 1 saturated carbocycles. The number of aromatic nitrogens is 1. The van der Waals surface area contributed by atoms with E-state index in [4.69, 9.17) is 0 Å². The van der Waals surface area contributed by atoms with Gasteiger partial charge in [-0.05, 0) is 43.7 Å². The first-order valence-electron chi connectivity index (χ1n) is 9.70. The second-order valence-electron chi connectivity index (χ2n) is 7.93. The number of carbonyl (C=O) groups excluding carboxylic acids is 1. The summed E-state index contributed by atoms with van der Waals surface area (Å²) in [4.78, 5) is 19.0. The van der Waals surface area contributed by atoms with Crippen molar-refractivity contribution in [1.82, 2.24) is 14.2 Å². The number of nitrogens with zero attached hydrogens (tertiary/aromatic N) is 3. The van der Waals surface area contributed by atoms with E-state index in [9.17, 15) is 13.2 Å². The second kappa shape index (κ2) is 6.27. The van der Waals surface area contributed by atoms with Crippen molar-refractivity contribution < 1.29 is 13.2 Å². The molecule has 2 aliphatic heterocycles. The van der Waals surface area contributed by atoms with E-state index in [0.717, 1.165) is 31.1 Å². The van der Waals surface area contributed by atoms with Crippen LogP contribution in [0.3, 0.4) is 0 Å². The van der Waals surface area contributed by atoms with E-state index in [2.05, 4.69) is 4.98 Å². The van der Waals surface area contributed by atoms with Gasteiger partial charge in [0.15, 0.2) is 0 Å². The summed E-state index contributed by atoms with van der Waals surface area (Å²) in [5.74, 6) is 0.630. The van der Waals surface area contributed by atoms with Gasteiger partial charge in [0.25, 0.3) is 0 Å². The maximum Gasteiger partial charge on any atom is 0.245 e. The maximum absolute atomic E-state index is 13.5. The maximum atomic E-state index is 13.5. The quantitative estimate of drug-likeness (QED) is 0.813. The molecular weight excluding hydrogens is 362 g/mol. The second-order valence-corrected chi connectivity index (χ2v) is 9.79. The SMILES string of the molecule is O=C(C1CC1)N1C[C@H]2CCCN(S(=O)(=O)c3cccc4cccnc34)[C@H]2C1. The first-order chi connectivity index (χ1) is 13.1. The standard InChI is InChI=1S/C20H23N3O3S/c24-20(15-8-9-15)22-12-16-6-3-11-23(17(16)13-22)27(25,26)18-7-1-4-14-5-2-10-21-19(14)18/h1-2,4-5,7,10,15-17H,3,6,8-9,11-13H2/t16-,17+/m1/s1. The number of amides is 1. The fourth-order valence-electron chi connectivity index (χ4n) is 4.62. The van der Waals surface area contributed by atoms with Crippen molar-refractivity contribution in [2.24, 2.45) is 11.8 Å². The lowest BCUT2D eigenvalue weighted by Gasteiger charge is -2.35. The summed E-state index contributed by atoms with van der Waals surface area (Å²) in [6, 6.07) is 8.88. The van der Waals surface area contributed by atoms with Gasteiger partial charge >= 0.3 is 0 Å². The molecule has 142 valence electrons. The number of carbonyl (C=O) groups is 1. The van der Waals surface area contributed by atoms with Crippen LogP contribution in [0.4, 0.5) is 0 Å². The van der Waals surface area contributed by atoms with Gasteiger partial charge in [-0.1, -0.05) is 18.2 Å². The van der Waals surface area contributed by atoms with Gasteiger partial charge in [-0.25, -0.2) is 8.42 Å². The zero-order chi connectivity index (χ0) is 18.6. The van der Waals surface area contributed by atoms with E-state index in [1.54, 1.807) is 22.6 Å². The third-order valence-electron chi connectivity index (χ3n) is 6.15. The van der Waals surface area contributed by atoms with Crippen molar-refractivity contribution in [2.45, 2.75) is 36.6 Å². The van der Waals surface area contributed by atoms with Crippen LogP contribution in [-0.2, 0) is 14.8 Å². The van der Waals surface area contributed by atoms with Crippen LogP contribution < -0.4 is 0 Å². The minimum absolute atomic E-state index is 0.120. The van der Waals surface area contributed by atoms with Crippen molar-refractivity contribution >= 4 is 26.8 Å². The van der Waals surface area contributed by atoms with E-state index in [0.29, 0.717) is 25.2 Å². The molecule has 0 spiro atoms. The molecule has 7 heteroatoms. The van der Waals surface area contributed by atoms with Crippen molar-refractivity contribution in [3.8, 4) is 0 Å². The van der Waals surface area contributed by atoms with Gasteiger partial charge in [0.2, 0.25) is 15.9 Å². The van der Waals surface area contributed by atoms with E-state index in [1.165, 1.54) is 0 Å². The third kappa shape index (κ3) is 2.84. The largest absolute Gasteiger partial charge is 0.340 e. The predicted octanol–water partition coefficient (Wildman–Crippen LogP) is 2.26. The number of likely N-dealkylation sites (tertiary alicyclic amines) is 1. The highest BCUT2D eigenvalue weighted by Gasteiger charge is 2.47. The van der Waals surface area contributed by atoms with Gasteiger partial charge in [-0.3, -0.25) is 9.78 Å². The predicted molar refractivity (Wildman–Crippen MR) is 101 cm³/mol. The first-order valence-corrected chi connectivity index (χ1v) is 11.1. The van der Waals surface area contributed by atoms with Crippen LogP contribution in [-0.4, -0.2) is 54.2 Å². The average Bonchev–Trinajstić information content (AvgIpc) is 3.44. The molecule has 0 N–H and O–H groups in total. The summed E-state index contributed by atoms with van der Waals surface area (Å²) in [6.07, 6.45) is 5.41. The Labute approximate surface area is 159 Å². The molecular formula is C20H23N3O3S. The molecule has 3 fully saturated rings. The highest BCUT2D eigenvalue weighted by Crippen LogP contribution is 2.38. The molecule has 6 nitrogen and oxygen atoms in total. The van der Waals surface area contributed by atoms with E-state index in [1.807, 2.05) is 23.1 Å². The smallest absolute Gasteiger partial charge is 0.245 e. The number of sulfonamides is 1. The number of para-hydroxylation sites is 1. The summed E-state index contributed by atoms with van der Waals surface area (Å²) in [6.45, 7) is 1.73. The van der Waals surface area contributed by atoms with Crippen LogP contribution >= 0.6 is 0 Å². The molecule has 1 aromatic heterocycles. The molecule has 2 aromatic rings. The van der Waals surface area contributed by atoms with Crippen molar-refractivity contribution in [2.75, 3.05) is 19.6 Å². The van der Waals surface area contributed by atoms with Gasteiger partial charge in [0, 0.05) is 43.2 Å². The fourth-order valence-corrected chi connectivity index (χ4v) is 6.50. The Kier molecular flexibility index (Phi) is 3.98. The molecule has 3 aliphatic rings. The monoisotopic (exact) mass is 385 g/mol. The van der Waals surface area contributed by atoms with E-state index >= 15 is 0 Å². The van der Waals surface area contributed by atoms with Crippen LogP contribution in [0.15, 0.2) is 41.4 Å². The Morgan fingerprint density at radius 2 is 1.89 bits per heavy atom. The molecule has 0 unspecified atom stereocenters. The molecule has 1 amide bonds. The number of fused-ring (bicyclic) bond motifs is 2. The summed E-state index contributed by atoms with van der Waals surface area (Å²) in [5, 5.41) is 0.823. The molecule has 0 bridgehead atoms. The Morgan fingerprint density at radius 1 is 1.07 bits per heavy atom. The normalized spacial score (nSPS) is 26.3. The number of benzene rings is 1. The lowest BCUT2D eigenvalue weighted by atomic mass is 9.94. The fraction of sp³-hybridized carbons (Fsp3) is 0.500. The number of hydrogen-bond acceptors (Lipinski definition) is 4. The average molecular weight is 385 g/mol. The molecule has 5 rings (SSSR count). The van der Waals surface area contributed by atoms with Gasteiger partial charge in [-0.2, -0.15) is 4.31 Å². The number of rotatable bonds is 3. The minimum atomic E-state index is -3.66. The van der Waals surface area contributed by atoms with Crippen molar-refractivity contribution in [3.05, 3.63) is 36.5 Å². The molecule has 0 radical (unpaired) electrons. The number of piperidine rings is 1. The molecule has 2 atom stereocenters. The van der Waals surface area contributed by atoms with Crippen LogP contribution in [0.5, 0.6) is 0 Å². The van der Waals surface area contributed by atoms with Crippen LogP contribution in [0, 0.1) is 11.8 Å². The number of hydrogen-bond donors (Lipinski definition) is 0. The third-order valence-corrected chi connectivity index (χ3v) is 8.11. The van der Waals surface area contributed by atoms with E-state index < -0.39 is 10.0 Å². The summed E-state index contributed by atoms with van der Waals surface area (Å²) in [5.41, 5.74) is 0.519. The van der Waals surface area contributed by atoms with Gasteiger partial charge in [-0.15, -0.1) is 0 Å². The van der Waals surface area contributed by atoms with E-state index in [-0.39, 0.29) is 28.7 Å². The molecule has 27 heavy (non-hydrogen) atoms.